The van der Waals surface area contributed by atoms with Gasteiger partial charge in [0.25, 0.3) is 0 Å². The number of thioether (sulfide) groups is 1. The quantitative estimate of drug-likeness (QED) is 0.433. The van der Waals surface area contributed by atoms with Gasteiger partial charge in [0.15, 0.2) is 5.96 Å². The topological polar surface area (TPSA) is 41.6 Å². The Hall–Kier alpha value is -0.820. The van der Waals surface area contributed by atoms with Crippen LogP contribution in [-0.4, -0.2) is 41.5 Å². The van der Waals surface area contributed by atoms with Crippen molar-refractivity contribution >= 4 is 17.7 Å². The van der Waals surface area contributed by atoms with Crippen molar-refractivity contribution < 1.29 is 0 Å². The monoisotopic (exact) mass is 225 g/mol. The molecule has 1 rings (SSSR count). The largest absolute Gasteiger partial charge is 0.370 e. The van der Waals surface area contributed by atoms with Crippen LogP contribution in [0.5, 0.6) is 0 Å². The van der Waals surface area contributed by atoms with Gasteiger partial charge in [-0.15, -0.1) is 6.42 Å². The van der Waals surface area contributed by atoms with Gasteiger partial charge in [0.05, 0.1) is 0 Å². The van der Waals surface area contributed by atoms with Gasteiger partial charge in [-0.2, -0.15) is 11.8 Å². The highest BCUT2D eigenvalue weighted by molar-refractivity contribution is 7.99. The Kier molecular flexibility index (Phi) is 4.83. The molecule has 0 saturated carbocycles. The minimum Gasteiger partial charge on any atom is -0.370 e. The Bertz CT molecular complexity index is 261. The third-order valence-electron chi connectivity index (χ3n) is 2.41. The van der Waals surface area contributed by atoms with Crippen molar-refractivity contribution in [3.05, 3.63) is 0 Å². The summed E-state index contributed by atoms with van der Waals surface area (Å²) in [6, 6.07) is -0.0976. The number of rotatable bonds is 2. The number of hydrogen-bond acceptors (Lipinski definition) is 2. The summed E-state index contributed by atoms with van der Waals surface area (Å²) in [5.74, 6) is 5.86. The Morgan fingerprint density at radius 3 is 2.53 bits per heavy atom. The smallest absolute Gasteiger partial charge is 0.192 e. The molecular formula is C11H19N3S. The lowest BCUT2D eigenvalue weighted by Crippen LogP contribution is -2.43. The van der Waals surface area contributed by atoms with Gasteiger partial charge in [0, 0.05) is 24.6 Å². The van der Waals surface area contributed by atoms with Crippen LogP contribution in [0.15, 0.2) is 4.99 Å². The molecule has 0 amide bonds. The molecule has 15 heavy (non-hydrogen) atoms. The maximum atomic E-state index is 5.93. The van der Waals surface area contributed by atoms with Crippen LogP contribution in [0.1, 0.15) is 13.8 Å². The van der Waals surface area contributed by atoms with Crippen LogP contribution in [0.25, 0.3) is 0 Å². The number of nitrogens with zero attached hydrogens (tertiary/aromatic N) is 2. The average Bonchev–Trinajstić information content (AvgIpc) is 2.26. The molecule has 1 heterocycles. The van der Waals surface area contributed by atoms with Crippen molar-refractivity contribution in [1.82, 2.24) is 4.90 Å². The Morgan fingerprint density at radius 1 is 1.47 bits per heavy atom. The number of nitrogens with two attached hydrogens (primary N) is 1. The van der Waals surface area contributed by atoms with E-state index in [9.17, 15) is 0 Å². The number of aliphatic imine (C=N–C) groups is 1. The molecule has 0 bridgehead atoms. The van der Waals surface area contributed by atoms with Gasteiger partial charge in [0.1, 0.15) is 6.04 Å². The minimum absolute atomic E-state index is 0.0976. The summed E-state index contributed by atoms with van der Waals surface area (Å²) in [7, 11) is 0. The molecule has 84 valence electrons. The predicted octanol–water partition coefficient (Wildman–Crippen LogP) is 1.01. The summed E-state index contributed by atoms with van der Waals surface area (Å²) in [4.78, 5) is 6.51. The number of hydrogen-bond donors (Lipinski definition) is 1. The van der Waals surface area contributed by atoms with Gasteiger partial charge in [0.2, 0.25) is 0 Å². The highest BCUT2D eigenvalue weighted by Gasteiger charge is 2.15. The van der Waals surface area contributed by atoms with E-state index >= 15 is 0 Å². The van der Waals surface area contributed by atoms with E-state index in [0.29, 0.717) is 11.9 Å². The molecular weight excluding hydrogens is 206 g/mol. The lowest BCUT2D eigenvalue weighted by molar-refractivity contribution is 0.449. The molecule has 0 spiro atoms. The first-order chi connectivity index (χ1) is 7.15. The standard InChI is InChI=1S/C11H19N3S/c1-4-10(9(2)3)13-11(12)14-5-7-15-8-6-14/h1,9-10H,5-8H2,2-3H3,(H2,12,13). The van der Waals surface area contributed by atoms with Crippen LogP contribution in [0.2, 0.25) is 0 Å². The summed E-state index contributed by atoms with van der Waals surface area (Å²) in [5, 5.41) is 0. The van der Waals surface area contributed by atoms with E-state index in [0.717, 1.165) is 24.6 Å². The second kappa shape index (κ2) is 5.92. The second-order valence-corrected chi connectivity index (χ2v) is 5.17. The first kappa shape index (κ1) is 12.3. The lowest BCUT2D eigenvalue weighted by atomic mass is 10.1. The molecule has 3 nitrogen and oxygen atoms in total. The van der Waals surface area contributed by atoms with Gasteiger partial charge < -0.3 is 10.6 Å². The predicted molar refractivity (Wildman–Crippen MR) is 68.0 cm³/mol. The first-order valence-electron chi connectivity index (χ1n) is 5.27. The van der Waals surface area contributed by atoms with E-state index in [4.69, 9.17) is 12.2 Å². The summed E-state index contributed by atoms with van der Waals surface area (Å²) in [6.07, 6.45) is 5.42. The van der Waals surface area contributed by atoms with E-state index in [1.165, 1.54) is 0 Å². The van der Waals surface area contributed by atoms with Gasteiger partial charge >= 0.3 is 0 Å². The van der Waals surface area contributed by atoms with Gasteiger partial charge in [-0.1, -0.05) is 19.8 Å². The molecule has 0 radical (unpaired) electrons. The van der Waals surface area contributed by atoms with Crippen molar-refractivity contribution in [3.63, 3.8) is 0 Å². The summed E-state index contributed by atoms with van der Waals surface area (Å²) >= 11 is 1.95. The molecule has 0 aliphatic carbocycles. The van der Waals surface area contributed by atoms with Crippen molar-refractivity contribution in [3.8, 4) is 12.3 Å². The first-order valence-corrected chi connectivity index (χ1v) is 6.42. The zero-order chi connectivity index (χ0) is 11.3. The molecule has 0 aromatic heterocycles. The Balaban J connectivity index is 2.60. The van der Waals surface area contributed by atoms with Crippen LogP contribution in [-0.2, 0) is 0 Å². The zero-order valence-corrected chi connectivity index (χ0v) is 10.3. The maximum absolute atomic E-state index is 5.93. The fourth-order valence-corrected chi connectivity index (χ4v) is 2.30. The van der Waals surface area contributed by atoms with Crippen LogP contribution in [0.4, 0.5) is 0 Å². The highest BCUT2D eigenvalue weighted by Crippen LogP contribution is 2.10. The van der Waals surface area contributed by atoms with Crippen molar-refractivity contribution in [2.24, 2.45) is 16.6 Å². The SMILES string of the molecule is C#CC(N=C(N)N1CCSCC1)C(C)C. The van der Waals surface area contributed by atoms with Crippen LogP contribution in [0, 0.1) is 18.3 Å². The van der Waals surface area contributed by atoms with Crippen molar-refractivity contribution in [2.45, 2.75) is 19.9 Å². The lowest BCUT2D eigenvalue weighted by Gasteiger charge is -2.28. The summed E-state index contributed by atoms with van der Waals surface area (Å²) in [6.45, 7) is 6.09. The summed E-state index contributed by atoms with van der Waals surface area (Å²) < 4.78 is 0. The number of terminal acetylenes is 1. The average molecular weight is 225 g/mol. The zero-order valence-electron chi connectivity index (χ0n) is 9.44. The third kappa shape index (κ3) is 3.67. The molecule has 1 aliphatic rings. The minimum atomic E-state index is -0.0976. The van der Waals surface area contributed by atoms with Gasteiger partial charge in [-0.25, -0.2) is 4.99 Å². The van der Waals surface area contributed by atoms with E-state index in [2.05, 4.69) is 29.7 Å². The third-order valence-corrected chi connectivity index (χ3v) is 3.35. The molecule has 2 N–H and O–H groups in total. The molecule has 1 atom stereocenters. The van der Waals surface area contributed by atoms with E-state index in [1.807, 2.05) is 11.8 Å². The molecule has 0 aromatic rings. The molecule has 1 saturated heterocycles. The van der Waals surface area contributed by atoms with Gasteiger partial charge in [-0.3, -0.25) is 0 Å². The molecule has 1 fully saturated rings. The van der Waals surface area contributed by atoms with Crippen molar-refractivity contribution in [2.75, 3.05) is 24.6 Å². The summed E-state index contributed by atoms with van der Waals surface area (Å²) in [5.41, 5.74) is 5.93. The van der Waals surface area contributed by atoms with Crippen LogP contribution in [0.3, 0.4) is 0 Å². The molecule has 1 unspecified atom stereocenters. The Labute approximate surface area is 96.5 Å². The molecule has 0 aromatic carbocycles. The van der Waals surface area contributed by atoms with E-state index < -0.39 is 0 Å². The fourth-order valence-electron chi connectivity index (χ4n) is 1.40. The van der Waals surface area contributed by atoms with E-state index in [-0.39, 0.29) is 6.04 Å². The van der Waals surface area contributed by atoms with Crippen molar-refractivity contribution in [1.29, 1.82) is 0 Å². The fraction of sp³-hybridized carbons (Fsp3) is 0.727. The number of guanidine groups is 1. The van der Waals surface area contributed by atoms with E-state index in [1.54, 1.807) is 0 Å². The maximum Gasteiger partial charge on any atom is 0.192 e. The second-order valence-electron chi connectivity index (χ2n) is 3.94. The molecule has 4 heteroatoms. The van der Waals surface area contributed by atoms with Gasteiger partial charge in [-0.05, 0) is 5.92 Å². The highest BCUT2D eigenvalue weighted by atomic mass is 32.2. The molecule has 1 aliphatic heterocycles. The normalized spacial score (nSPS) is 20.1. The van der Waals surface area contributed by atoms with Crippen LogP contribution >= 0.6 is 11.8 Å². The Morgan fingerprint density at radius 2 is 2.07 bits per heavy atom. The van der Waals surface area contributed by atoms with Crippen LogP contribution < -0.4 is 5.73 Å².